The third-order valence-corrected chi connectivity index (χ3v) is 4.86. The van der Waals surface area contributed by atoms with Gasteiger partial charge in [0, 0.05) is 13.1 Å². The fraction of sp³-hybridized carbons (Fsp3) is 0.300. The number of esters is 1. The van der Waals surface area contributed by atoms with E-state index in [2.05, 4.69) is 0 Å². The molecule has 1 saturated heterocycles. The molecule has 2 aromatic rings. The molecule has 0 radical (unpaired) electrons. The van der Waals surface area contributed by atoms with E-state index in [1.165, 1.54) is 0 Å². The van der Waals surface area contributed by atoms with Gasteiger partial charge < -0.3 is 15.4 Å². The van der Waals surface area contributed by atoms with Crippen molar-refractivity contribution in [2.24, 2.45) is 5.73 Å². The second-order valence-corrected chi connectivity index (χ2v) is 6.34. The van der Waals surface area contributed by atoms with Crippen molar-refractivity contribution in [2.45, 2.75) is 24.9 Å². The number of piperidine rings is 1. The topological polar surface area (TPSA) is 72.6 Å². The highest BCUT2D eigenvalue weighted by Gasteiger charge is 2.44. The van der Waals surface area contributed by atoms with Gasteiger partial charge in [-0.15, -0.1) is 0 Å². The van der Waals surface area contributed by atoms with Crippen molar-refractivity contribution in [3.05, 3.63) is 71.8 Å². The second kappa shape index (κ2) is 7.38. The Morgan fingerprint density at radius 1 is 0.960 bits per heavy atom. The fourth-order valence-electron chi connectivity index (χ4n) is 3.34. The zero-order chi connectivity index (χ0) is 17.7. The molecule has 0 aliphatic carbocycles. The monoisotopic (exact) mass is 338 g/mol. The molecular formula is C20H22N2O3. The summed E-state index contributed by atoms with van der Waals surface area (Å²) in [5.74, 6) is -0.244. The normalized spacial score (nSPS) is 16.2. The Labute approximate surface area is 147 Å². The largest absolute Gasteiger partial charge is 0.460 e. The van der Waals surface area contributed by atoms with Gasteiger partial charge in [0.1, 0.15) is 6.61 Å². The lowest BCUT2D eigenvalue weighted by atomic mass is 9.73. The number of nitrogens with two attached hydrogens (primary N) is 1. The smallest absolute Gasteiger partial charge is 0.317 e. The van der Waals surface area contributed by atoms with Crippen LogP contribution in [0.2, 0.25) is 0 Å². The van der Waals surface area contributed by atoms with E-state index in [0.717, 1.165) is 11.1 Å². The maximum Gasteiger partial charge on any atom is 0.317 e. The van der Waals surface area contributed by atoms with Crippen molar-refractivity contribution >= 4 is 12.0 Å². The summed E-state index contributed by atoms with van der Waals surface area (Å²) < 4.78 is 5.65. The Balaban J connectivity index is 1.80. The average Bonchev–Trinajstić information content (AvgIpc) is 2.67. The van der Waals surface area contributed by atoms with Crippen LogP contribution in [0.25, 0.3) is 0 Å². The van der Waals surface area contributed by atoms with Gasteiger partial charge in [-0.05, 0) is 24.0 Å². The molecule has 5 nitrogen and oxygen atoms in total. The summed E-state index contributed by atoms with van der Waals surface area (Å²) >= 11 is 0. The Kier molecular flexibility index (Phi) is 5.03. The lowest BCUT2D eigenvalue weighted by Crippen LogP contribution is -2.50. The predicted octanol–water partition coefficient (Wildman–Crippen LogP) is 2.84. The number of nitrogens with zero attached hydrogens (tertiary/aromatic N) is 1. The summed E-state index contributed by atoms with van der Waals surface area (Å²) in [6, 6.07) is 18.8. The van der Waals surface area contributed by atoms with Gasteiger partial charge in [0.2, 0.25) is 0 Å². The second-order valence-electron chi connectivity index (χ2n) is 6.34. The van der Waals surface area contributed by atoms with Crippen LogP contribution < -0.4 is 5.73 Å². The van der Waals surface area contributed by atoms with Crippen LogP contribution in [0.4, 0.5) is 4.79 Å². The van der Waals surface area contributed by atoms with Crippen LogP contribution in [0, 0.1) is 0 Å². The molecule has 25 heavy (non-hydrogen) atoms. The number of primary amides is 1. The highest BCUT2D eigenvalue weighted by atomic mass is 16.5. The van der Waals surface area contributed by atoms with Crippen LogP contribution in [-0.2, 0) is 21.6 Å². The minimum atomic E-state index is -0.734. The quantitative estimate of drug-likeness (QED) is 0.871. The van der Waals surface area contributed by atoms with Crippen LogP contribution in [0.15, 0.2) is 60.7 Å². The lowest BCUT2D eigenvalue weighted by Gasteiger charge is -2.39. The van der Waals surface area contributed by atoms with Crippen molar-refractivity contribution in [3.63, 3.8) is 0 Å². The number of benzene rings is 2. The molecule has 2 aromatic carbocycles. The van der Waals surface area contributed by atoms with E-state index < -0.39 is 11.4 Å². The van der Waals surface area contributed by atoms with Crippen LogP contribution in [-0.4, -0.2) is 30.0 Å². The first-order chi connectivity index (χ1) is 12.1. The van der Waals surface area contributed by atoms with E-state index in [1.54, 1.807) is 4.90 Å². The lowest BCUT2D eigenvalue weighted by molar-refractivity contribution is -0.154. The summed E-state index contributed by atoms with van der Waals surface area (Å²) in [5, 5.41) is 0. The highest BCUT2D eigenvalue weighted by molar-refractivity contribution is 5.84. The van der Waals surface area contributed by atoms with Gasteiger partial charge in [0.25, 0.3) is 0 Å². The number of hydrogen-bond acceptors (Lipinski definition) is 3. The Bertz CT molecular complexity index is 723. The summed E-state index contributed by atoms with van der Waals surface area (Å²) in [5.41, 5.74) is 6.52. The van der Waals surface area contributed by atoms with E-state index in [1.807, 2.05) is 60.7 Å². The maximum atomic E-state index is 13.0. The Morgan fingerprint density at radius 3 is 2.08 bits per heavy atom. The summed E-state index contributed by atoms with van der Waals surface area (Å²) in [4.78, 5) is 26.0. The summed E-state index contributed by atoms with van der Waals surface area (Å²) in [6.07, 6.45) is 1.02. The summed E-state index contributed by atoms with van der Waals surface area (Å²) in [6.45, 7) is 1.14. The predicted molar refractivity (Wildman–Crippen MR) is 94.7 cm³/mol. The van der Waals surface area contributed by atoms with Gasteiger partial charge in [-0.25, -0.2) is 4.79 Å². The van der Waals surface area contributed by atoms with E-state index in [4.69, 9.17) is 10.5 Å². The van der Waals surface area contributed by atoms with Crippen LogP contribution >= 0.6 is 0 Å². The molecule has 1 aliphatic heterocycles. The Morgan fingerprint density at radius 2 is 1.52 bits per heavy atom. The number of urea groups is 1. The number of carbonyl (C=O) groups is 2. The number of hydrogen-bond donors (Lipinski definition) is 1. The number of likely N-dealkylation sites (tertiary alicyclic amines) is 1. The van der Waals surface area contributed by atoms with Crippen molar-refractivity contribution in [2.75, 3.05) is 13.1 Å². The van der Waals surface area contributed by atoms with Gasteiger partial charge in [-0.1, -0.05) is 60.7 Å². The SMILES string of the molecule is NC(=O)N1CCC(C(=O)OCc2ccccc2)(c2ccccc2)CC1. The van der Waals surface area contributed by atoms with Crippen molar-refractivity contribution in [1.82, 2.24) is 4.90 Å². The first-order valence-corrected chi connectivity index (χ1v) is 8.43. The van der Waals surface area contributed by atoms with Gasteiger partial charge in [-0.2, -0.15) is 0 Å². The molecule has 5 heteroatoms. The molecule has 2 N–H and O–H groups in total. The standard InChI is InChI=1S/C20H22N2O3/c21-19(24)22-13-11-20(12-14-22,17-9-5-2-6-10-17)18(23)25-15-16-7-3-1-4-8-16/h1-10H,11-15H2,(H2,21,24). The number of carbonyl (C=O) groups excluding carboxylic acids is 2. The van der Waals surface area contributed by atoms with Crippen LogP contribution in [0.5, 0.6) is 0 Å². The molecule has 0 unspecified atom stereocenters. The molecule has 0 atom stereocenters. The van der Waals surface area contributed by atoms with Gasteiger partial charge in [0.15, 0.2) is 0 Å². The first kappa shape index (κ1) is 17.0. The van der Waals surface area contributed by atoms with Gasteiger partial charge >= 0.3 is 12.0 Å². The molecular weight excluding hydrogens is 316 g/mol. The molecule has 0 spiro atoms. The third-order valence-electron chi connectivity index (χ3n) is 4.86. The zero-order valence-corrected chi connectivity index (χ0v) is 14.1. The molecule has 1 heterocycles. The van der Waals surface area contributed by atoms with Crippen molar-refractivity contribution in [1.29, 1.82) is 0 Å². The maximum absolute atomic E-state index is 13.0. The molecule has 2 amide bonds. The molecule has 1 fully saturated rings. The molecule has 1 aliphatic rings. The zero-order valence-electron chi connectivity index (χ0n) is 14.1. The Hall–Kier alpha value is -2.82. The highest BCUT2D eigenvalue weighted by Crippen LogP contribution is 2.37. The molecule has 0 bridgehead atoms. The van der Waals surface area contributed by atoms with Crippen molar-refractivity contribution < 1.29 is 14.3 Å². The number of amides is 2. The van der Waals surface area contributed by atoms with E-state index >= 15 is 0 Å². The molecule has 0 aromatic heterocycles. The van der Waals surface area contributed by atoms with Crippen LogP contribution in [0.1, 0.15) is 24.0 Å². The number of rotatable bonds is 4. The first-order valence-electron chi connectivity index (χ1n) is 8.43. The minimum Gasteiger partial charge on any atom is -0.460 e. The molecule has 3 rings (SSSR count). The fourth-order valence-corrected chi connectivity index (χ4v) is 3.34. The van der Waals surface area contributed by atoms with Crippen molar-refractivity contribution in [3.8, 4) is 0 Å². The molecule has 130 valence electrons. The minimum absolute atomic E-state index is 0.244. The third kappa shape index (κ3) is 3.65. The molecule has 0 saturated carbocycles. The van der Waals surface area contributed by atoms with Gasteiger partial charge in [0.05, 0.1) is 5.41 Å². The van der Waals surface area contributed by atoms with E-state index in [0.29, 0.717) is 25.9 Å². The van der Waals surface area contributed by atoms with E-state index in [9.17, 15) is 9.59 Å². The average molecular weight is 338 g/mol. The van der Waals surface area contributed by atoms with Gasteiger partial charge in [-0.3, -0.25) is 4.79 Å². The van der Waals surface area contributed by atoms with E-state index in [-0.39, 0.29) is 12.6 Å². The summed E-state index contributed by atoms with van der Waals surface area (Å²) in [7, 11) is 0. The van der Waals surface area contributed by atoms with Crippen LogP contribution in [0.3, 0.4) is 0 Å². The number of ether oxygens (including phenoxy) is 1.